The topological polar surface area (TPSA) is 48.3 Å². The molecule has 0 aromatic heterocycles. The normalized spacial score (nSPS) is 20.0. The van der Waals surface area contributed by atoms with Gasteiger partial charge in [0.1, 0.15) is 0 Å². The predicted molar refractivity (Wildman–Crippen MR) is 71.9 cm³/mol. The van der Waals surface area contributed by atoms with E-state index in [-0.39, 0.29) is 11.7 Å². The number of rotatable bonds is 3. The third-order valence-electron chi connectivity index (χ3n) is 3.32. The number of ether oxygens (including phenoxy) is 1. The standard InChI is InChI=1S/C14H16F3N3O/c1-20-4-5-21-12(9-20)8-19-11-3-2-10(7-18)13(6-11)14(15,16)17/h2-3,6,12,19H,4-5,8-9H2,1H3. The zero-order valence-corrected chi connectivity index (χ0v) is 11.6. The van der Waals surface area contributed by atoms with Gasteiger partial charge in [0.15, 0.2) is 0 Å². The van der Waals surface area contributed by atoms with Crippen LogP contribution in [0.25, 0.3) is 0 Å². The molecule has 21 heavy (non-hydrogen) atoms. The fourth-order valence-corrected chi connectivity index (χ4v) is 2.21. The molecular formula is C14H16F3N3O. The van der Waals surface area contributed by atoms with Crippen LogP contribution in [0.15, 0.2) is 18.2 Å². The molecule has 7 heteroatoms. The summed E-state index contributed by atoms with van der Waals surface area (Å²) in [7, 11) is 1.97. The maximum absolute atomic E-state index is 12.9. The molecule has 114 valence electrons. The van der Waals surface area contributed by atoms with Gasteiger partial charge in [-0.2, -0.15) is 18.4 Å². The summed E-state index contributed by atoms with van der Waals surface area (Å²) < 4.78 is 44.1. The van der Waals surface area contributed by atoms with Crippen molar-refractivity contribution in [2.45, 2.75) is 12.3 Å². The molecule has 0 radical (unpaired) electrons. The number of nitrogens with one attached hydrogen (secondary N) is 1. The highest BCUT2D eigenvalue weighted by atomic mass is 19.4. The van der Waals surface area contributed by atoms with E-state index in [4.69, 9.17) is 10.00 Å². The van der Waals surface area contributed by atoms with E-state index in [0.29, 0.717) is 18.8 Å². The molecule has 1 heterocycles. The van der Waals surface area contributed by atoms with Gasteiger partial charge < -0.3 is 15.0 Å². The lowest BCUT2D eigenvalue weighted by Gasteiger charge is -2.30. The lowest BCUT2D eigenvalue weighted by Crippen LogP contribution is -2.43. The Morgan fingerprint density at radius 3 is 2.86 bits per heavy atom. The summed E-state index contributed by atoms with van der Waals surface area (Å²) in [5.41, 5.74) is -0.962. The number of nitriles is 1. The minimum atomic E-state index is -4.54. The number of hydrogen-bond donors (Lipinski definition) is 1. The predicted octanol–water partition coefficient (Wildman–Crippen LogP) is 2.32. The average Bonchev–Trinajstić information content (AvgIpc) is 2.44. The van der Waals surface area contributed by atoms with Crippen LogP contribution in [-0.2, 0) is 10.9 Å². The van der Waals surface area contributed by atoms with Crippen LogP contribution >= 0.6 is 0 Å². The fourth-order valence-electron chi connectivity index (χ4n) is 2.21. The third-order valence-corrected chi connectivity index (χ3v) is 3.32. The van der Waals surface area contributed by atoms with Crippen LogP contribution in [-0.4, -0.2) is 44.3 Å². The Hall–Kier alpha value is -1.78. The zero-order chi connectivity index (χ0) is 15.5. The van der Waals surface area contributed by atoms with Gasteiger partial charge in [0.05, 0.1) is 29.9 Å². The van der Waals surface area contributed by atoms with Crippen LogP contribution in [0.4, 0.5) is 18.9 Å². The van der Waals surface area contributed by atoms with Crippen molar-refractivity contribution in [1.82, 2.24) is 4.90 Å². The second-order valence-corrected chi connectivity index (χ2v) is 5.01. The van der Waals surface area contributed by atoms with Gasteiger partial charge in [-0.05, 0) is 25.2 Å². The molecule has 0 amide bonds. The molecule has 1 aliphatic heterocycles. The maximum Gasteiger partial charge on any atom is 0.417 e. The van der Waals surface area contributed by atoms with Gasteiger partial charge in [0, 0.05) is 25.3 Å². The van der Waals surface area contributed by atoms with Gasteiger partial charge in [-0.1, -0.05) is 0 Å². The van der Waals surface area contributed by atoms with Crippen molar-refractivity contribution in [1.29, 1.82) is 5.26 Å². The maximum atomic E-state index is 12.9. The second-order valence-electron chi connectivity index (χ2n) is 5.01. The largest absolute Gasteiger partial charge is 0.417 e. The third kappa shape index (κ3) is 4.09. The smallest absolute Gasteiger partial charge is 0.382 e. The summed E-state index contributed by atoms with van der Waals surface area (Å²) in [6.45, 7) is 2.62. The Balaban J connectivity index is 2.06. The molecule has 1 fully saturated rings. The summed E-state index contributed by atoms with van der Waals surface area (Å²) in [6, 6.07) is 5.18. The van der Waals surface area contributed by atoms with Crippen LogP contribution in [0.5, 0.6) is 0 Å². The van der Waals surface area contributed by atoms with Gasteiger partial charge in [-0.3, -0.25) is 0 Å². The monoisotopic (exact) mass is 299 g/mol. The number of likely N-dealkylation sites (N-methyl/N-ethyl adjacent to an activating group) is 1. The molecule has 1 aromatic rings. The van der Waals surface area contributed by atoms with E-state index in [0.717, 1.165) is 19.2 Å². The number of alkyl halides is 3. The Labute approximate surface area is 121 Å². The minimum Gasteiger partial charge on any atom is -0.382 e. The number of halogens is 3. The summed E-state index contributed by atoms with van der Waals surface area (Å²) in [4.78, 5) is 2.11. The van der Waals surface area contributed by atoms with Gasteiger partial charge in [0.2, 0.25) is 0 Å². The van der Waals surface area contributed by atoms with Gasteiger partial charge in [-0.25, -0.2) is 0 Å². The van der Waals surface area contributed by atoms with E-state index in [1.807, 2.05) is 7.05 Å². The Morgan fingerprint density at radius 2 is 2.24 bits per heavy atom. The molecule has 1 N–H and O–H groups in total. The quantitative estimate of drug-likeness (QED) is 0.930. The highest BCUT2D eigenvalue weighted by Gasteiger charge is 2.33. The zero-order valence-electron chi connectivity index (χ0n) is 11.6. The molecule has 0 saturated carbocycles. The van der Waals surface area contributed by atoms with Crippen LogP contribution in [0, 0.1) is 11.3 Å². The number of hydrogen-bond acceptors (Lipinski definition) is 4. The van der Waals surface area contributed by atoms with E-state index in [1.54, 1.807) is 6.07 Å². The molecule has 1 atom stereocenters. The number of morpholine rings is 1. The lowest BCUT2D eigenvalue weighted by atomic mass is 10.1. The van der Waals surface area contributed by atoms with Crippen LogP contribution in [0.3, 0.4) is 0 Å². The first-order valence-corrected chi connectivity index (χ1v) is 6.55. The average molecular weight is 299 g/mol. The van der Waals surface area contributed by atoms with Gasteiger partial charge >= 0.3 is 6.18 Å². The Bertz CT molecular complexity index is 539. The second kappa shape index (κ2) is 6.33. The van der Waals surface area contributed by atoms with Crippen LogP contribution < -0.4 is 5.32 Å². The molecule has 0 aliphatic carbocycles. The first-order valence-electron chi connectivity index (χ1n) is 6.55. The molecule has 2 rings (SSSR count). The summed E-state index contributed by atoms with van der Waals surface area (Å²) in [5, 5.41) is 11.7. The van der Waals surface area contributed by atoms with Crippen molar-refractivity contribution < 1.29 is 17.9 Å². The van der Waals surface area contributed by atoms with Crippen LogP contribution in [0.1, 0.15) is 11.1 Å². The first-order chi connectivity index (χ1) is 9.90. The van der Waals surface area contributed by atoms with E-state index in [2.05, 4.69) is 10.2 Å². The lowest BCUT2D eigenvalue weighted by molar-refractivity contribution is -0.137. The number of nitrogens with zero attached hydrogens (tertiary/aromatic N) is 2. The molecule has 1 unspecified atom stereocenters. The van der Waals surface area contributed by atoms with E-state index in [1.165, 1.54) is 12.1 Å². The van der Waals surface area contributed by atoms with Crippen LogP contribution in [0.2, 0.25) is 0 Å². The Kier molecular flexibility index (Phi) is 4.70. The molecule has 4 nitrogen and oxygen atoms in total. The van der Waals surface area contributed by atoms with Gasteiger partial charge in [-0.15, -0.1) is 0 Å². The molecule has 0 spiro atoms. The number of anilines is 1. The molecular weight excluding hydrogens is 283 g/mol. The highest BCUT2D eigenvalue weighted by Crippen LogP contribution is 2.33. The SMILES string of the molecule is CN1CCOC(CNc2ccc(C#N)c(C(F)(F)F)c2)C1. The van der Waals surface area contributed by atoms with E-state index < -0.39 is 11.7 Å². The summed E-state index contributed by atoms with van der Waals surface area (Å²) in [6.07, 6.45) is -4.60. The van der Waals surface area contributed by atoms with E-state index >= 15 is 0 Å². The molecule has 0 bridgehead atoms. The minimum absolute atomic E-state index is 0.0614. The van der Waals surface area contributed by atoms with Crippen molar-refractivity contribution in [3.8, 4) is 6.07 Å². The first kappa shape index (κ1) is 15.6. The van der Waals surface area contributed by atoms with Crippen molar-refractivity contribution in [3.05, 3.63) is 29.3 Å². The molecule has 1 aromatic carbocycles. The van der Waals surface area contributed by atoms with Crippen molar-refractivity contribution in [3.63, 3.8) is 0 Å². The van der Waals surface area contributed by atoms with Crippen molar-refractivity contribution in [2.24, 2.45) is 0 Å². The number of benzene rings is 1. The Morgan fingerprint density at radius 1 is 1.48 bits per heavy atom. The molecule has 1 aliphatic rings. The van der Waals surface area contributed by atoms with Gasteiger partial charge in [0.25, 0.3) is 0 Å². The molecule has 1 saturated heterocycles. The highest BCUT2D eigenvalue weighted by molar-refractivity contribution is 5.53. The fraction of sp³-hybridized carbons (Fsp3) is 0.500. The van der Waals surface area contributed by atoms with Crippen molar-refractivity contribution in [2.75, 3.05) is 38.6 Å². The van der Waals surface area contributed by atoms with Crippen molar-refractivity contribution >= 4 is 5.69 Å². The summed E-state index contributed by atoms with van der Waals surface area (Å²) in [5.74, 6) is 0. The summed E-state index contributed by atoms with van der Waals surface area (Å²) >= 11 is 0. The van der Waals surface area contributed by atoms with E-state index in [9.17, 15) is 13.2 Å².